The van der Waals surface area contributed by atoms with Crippen LogP contribution in [0.25, 0.3) is 16.4 Å². The van der Waals surface area contributed by atoms with E-state index >= 15 is 0 Å². The van der Waals surface area contributed by atoms with E-state index in [1.807, 2.05) is 16.0 Å². The number of fused-ring (bicyclic) bond motifs is 1. The number of thiazole rings is 1. The van der Waals surface area contributed by atoms with Gasteiger partial charge in [-0.15, -0.1) is 11.3 Å². The highest BCUT2D eigenvalue weighted by Crippen LogP contribution is 2.31. The molecule has 3 aromatic heterocycles. The zero-order valence-corrected chi connectivity index (χ0v) is 13.0. The maximum Gasteiger partial charge on any atom is 0.433 e. The van der Waals surface area contributed by atoms with Crippen molar-refractivity contribution in [1.29, 1.82) is 0 Å². The van der Waals surface area contributed by atoms with Gasteiger partial charge >= 0.3 is 5.88 Å². The molecule has 1 aliphatic heterocycles. The highest BCUT2D eigenvalue weighted by atomic mass is 32.1. The summed E-state index contributed by atoms with van der Waals surface area (Å²) < 4.78 is 12.7. The first-order valence-electron chi connectivity index (χ1n) is 7.21. The predicted molar refractivity (Wildman–Crippen MR) is 83.5 cm³/mol. The van der Waals surface area contributed by atoms with Gasteiger partial charge in [-0.1, -0.05) is 0 Å². The number of morpholine rings is 1. The predicted octanol–water partition coefficient (Wildman–Crippen LogP) is 2.40. The van der Waals surface area contributed by atoms with Gasteiger partial charge in [0.15, 0.2) is 10.7 Å². The van der Waals surface area contributed by atoms with Gasteiger partial charge in [-0.25, -0.2) is 4.98 Å². The Morgan fingerprint density at radius 1 is 1.35 bits per heavy atom. The number of aromatic nitrogens is 2. The second-order valence-electron chi connectivity index (χ2n) is 5.25. The Labute approximate surface area is 135 Å². The van der Waals surface area contributed by atoms with Gasteiger partial charge in [0.05, 0.1) is 25.0 Å². The summed E-state index contributed by atoms with van der Waals surface area (Å²) in [5, 5.41) is 12.8. The maximum atomic E-state index is 10.8. The van der Waals surface area contributed by atoms with E-state index in [-0.39, 0.29) is 5.88 Å². The van der Waals surface area contributed by atoms with Gasteiger partial charge in [0.1, 0.15) is 10.6 Å². The van der Waals surface area contributed by atoms with Gasteiger partial charge in [-0.05, 0) is 6.07 Å². The molecule has 9 heteroatoms. The van der Waals surface area contributed by atoms with Gasteiger partial charge in [0.2, 0.25) is 0 Å². The molecule has 1 saturated heterocycles. The minimum Gasteiger partial charge on any atom is -0.399 e. The summed E-state index contributed by atoms with van der Waals surface area (Å²) >= 11 is 1.53. The van der Waals surface area contributed by atoms with Crippen LogP contribution in [0.1, 0.15) is 5.69 Å². The molecule has 3 aromatic rings. The van der Waals surface area contributed by atoms with Gasteiger partial charge in [0.25, 0.3) is 0 Å². The number of hydrogen-bond acceptors (Lipinski definition) is 7. The highest BCUT2D eigenvalue weighted by Gasteiger charge is 2.23. The number of imidazole rings is 1. The molecule has 0 saturated carbocycles. The fourth-order valence-electron chi connectivity index (χ4n) is 2.71. The Hall–Kier alpha value is -2.23. The molecule has 0 radical (unpaired) electrons. The molecule has 8 nitrogen and oxygen atoms in total. The Bertz CT molecular complexity index is 846. The quantitative estimate of drug-likeness (QED) is 0.538. The Kier molecular flexibility index (Phi) is 3.60. The van der Waals surface area contributed by atoms with Crippen LogP contribution >= 0.6 is 11.3 Å². The van der Waals surface area contributed by atoms with Crippen LogP contribution in [0.5, 0.6) is 0 Å². The number of furan rings is 1. The third kappa shape index (κ3) is 2.62. The van der Waals surface area contributed by atoms with E-state index in [4.69, 9.17) is 9.15 Å². The first kappa shape index (κ1) is 14.4. The van der Waals surface area contributed by atoms with Crippen molar-refractivity contribution in [1.82, 2.24) is 14.3 Å². The SMILES string of the molecule is O=[N+]([O-])c1ccc(-c2nc3sccn3c2CN2CCOCC2)o1. The Morgan fingerprint density at radius 3 is 2.91 bits per heavy atom. The van der Waals surface area contributed by atoms with Crippen LogP contribution in [0.3, 0.4) is 0 Å². The molecule has 0 bridgehead atoms. The van der Waals surface area contributed by atoms with Crippen LogP contribution in [0.4, 0.5) is 5.88 Å². The van der Waals surface area contributed by atoms with Crippen LogP contribution in [0, 0.1) is 10.1 Å². The molecule has 0 aliphatic carbocycles. The summed E-state index contributed by atoms with van der Waals surface area (Å²) in [5.74, 6) is 0.157. The van der Waals surface area contributed by atoms with E-state index < -0.39 is 4.92 Å². The topological polar surface area (TPSA) is 86.0 Å². The molecule has 0 spiro atoms. The zero-order chi connectivity index (χ0) is 15.8. The fourth-order valence-corrected chi connectivity index (χ4v) is 3.44. The molecular formula is C14H14N4O4S. The van der Waals surface area contributed by atoms with E-state index in [0.717, 1.165) is 23.7 Å². The summed E-state index contributed by atoms with van der Waals surface area (Å²) in [6.07, 6.45) is 1.96. The molecule has 1 aliphatic rings. The average molecular weight is 334 g/mol. The van der Waals surface area contributed by atoms with Crippen molar-refractivity contribution in [3.63, 3.8) is 0 Å². The minimum absolute atomic E-state index is 0.270. The van der Waals surface area contributed by atoms with E-state index in [0.29, 0.717) is 31.2 Å². The van der Waals surface area contributed by atoms with Crippen molar-refractivity contribution in [2.45, 2.75) is 6.54 Å². The molecule has 0 atom stereocenters. The molecular weight excluding hydrogens is 320 g/mol. The number of nitrogens with zero attached hydrogens (tertiary/aromatic N) is 4. The summed E-state index contributed by atoms with van der Waals surface area (Å²) in [4.78, 5) is 18.0. The lowest BCUT2D eigenvalue weighted by molar-refractivity contribution is -0.401. The normalized spacial score (nSPS) is 16.2. The van der Waals surface area contributed by atoms with Gasteiger partial charge in [-0.2, -0.15) is 0 Å². The van der Waals surface area contributed by atoms with Crippen molar-refractivity contribution in [2.75, 3.05) is 26.3 Å². The van der Waals surface area contributed by atoms with Crippen LogP contribution in [-0.2, 0) is 11.3 Å². The van der Waals surface area contributed by atoms with Crippen LogP contribution in [-0.4, -0.2) is 45.5 Å². The molecule has 0 amide bonds. The van der Waals surface area contributed by atoms with Crippen LogP contribution in [0.15, 0.2) is 28.1 Å². The summed E-state index contributed by atoms with van der Waals surface area (Å²) in [6, 6.07) is 2.97. The first-order chi connectivity index (χ1) is 11.2. The minimum atomic E-state index is -0.538. The third-order valence-electron chi connectivity index (χ3n) is 3.84. The summed E-state index contributed by atoms with van der Waals surface area (Å²) in [6.45, 7) is 3.84. The highest BCUT2D eigenvalue weighted by molar-refractivity contribution is 7.15. The van der Waals surface area contributed by atoms with E-state index in [1.54, 1.807) is 6.07 Å². The zero-order valence-electron chi connectivity index (χ0n) is 12.2. The molecule has 0 unspecified atom stereocenters. The summed E-state index contributed by atoms with van der Waals surface area (Å²) in [7, 11) is 0. The van der Waals surface area contributed by atoms with E-state index in [2.05, 4.69) is 9.88 Å². The average Bonchev–Trinajstić information content (AvgIpc) is 3.24. The lowest BCUT2D eigenvalue weighted by atomic mass is 10.2. The number of rotatable bonds is 4. The van der Waals surface area contributed by atoms with Crippen LogP contribution < -0.4 is 0 Å². The van der Waals surface area contributed by atoms with Crippen molar-refractivity contribution < 1.29 is 14.1 Å². The number of ether oxygens (including phenoxy) is 1. The second kappa shape index (κ2) is 5.76. The van der Waals surface area contributed by atoms with Crippen molar-refractivity contribution in [3.05, 3.63) is 39.5 Å². The van der Waals surface area contributed by atoms with E-state index in [1.165, 1.54) is 17.4 Å². The smallest absolute Gasteiger partial charge is 0.399 e. The van der Waals surface area contributed by atoms with Crippen molar-refractivity contribution in [2.24, 2.45) is 0 Å². The van der Waals surface area contributed by atoms with Gasteiger partial charge in [0, 0.05) is 31.2 Å². The van der Waals surface area contributed by atoms with Gasteiger partial charge in [-0.3, -0.25) is 19.4 Å². The lowest BCUT2D eigenvalue weighted by Crippen LogP contribution is -2.36. The van der Waals surface area contributed by atoms with Gasteiger partial charge < -0.3 is 9.15 Å². The number of nitro groups is 1. The molecule has 0 N–H and O–H groups in total. The standard InChI is InChI=1S/C14H14N4O4S/c19-18(20)12-2-1-11(22-12)13-10(9-16-3-6-21-7-4-16)17-5-8-23-14(17)15-13/h1-2,5,8H,3-4,6-7,9H2. The maximum absolute atomic E-state index is 10.8. The van der Waals surface area contributed by atoms with Crippen molar-refractivity contribution in [3.8, 4) is 11.5 Å². The fraction of sp³-hybridized carbons (Fsp3) is 0.357. The molecule has 4 heterocycles. The van der Waals surface area contributed by atoms with Crippen molar-refractivity contribution >= 4 is 22.2 Å². The Morgan fingerprint density at radius 2 is 2.17 bits per heavy atom. The monoisotopic (exact) mass is 334 g/mol. The molecule has 0 aromatic carbocycles. The molecule has 120 valence electrons. The molecule has 1 fully saturated rings. The Balaban J connectivity index is 1.74. The molecule has 4 rings (SSSR count). The van der Waals surface area contributed by atoms with Crippen LogP contribution in [0.2, 0.25) is 0 Å². The second-order valence-corrected chi connectivity index (χ2v) is 6.12. The largest absolute Gasteiger partial charge is 0.433 e. The first-order valence-corrected chi connectivity index (χ1v) is 8.09. The molecule has 23 heavy (non-hydrogen) atoms. The third-order valence-corrected chi connectivity index (χ3v) is 4.60. The lowest BCUT2D eigenvalue weighted by Gasteiger charge is -2.26. The van der Waals surface area contributed by atoms with E-state index in [9.17, 15) is 10.1 Å². The number of hydrogen-bond donors (Lipinski definition) is 0. The summed E-state index contributed by atoms with van der Waals surface area (Å²) in [5.41, 5.74) is 1.64.